The topological polar surface area (TPSA) is 78.5 Å². The summed E-state index contributed by atoms with van der Waals surface area (Å²) in [7, 11) is 0. The van der Waals surface area contributed by atoms with Crippen molar-refractivity contribution in [2.45, 2.75) is 37.7 Å². The fraction of sp³-hybridized carbons (Fsp3) is 0.500. The van der Waals surface area contributed by atoms with E-state index in [4.69, 9.17) is 4.74 Å². The second kappa shape index (κ2) is 6.85. The van der Waals surface area contributed by atoms with Gasteiger partial charge in [-0.1, -0.05) is 29.8 Å². The Morgan fingerprint density at radius 1 is 1.42 bits per heavy atom. The van der Waals surface area contributed by atoms with E-state index >= 15 is 0 Å². The molecular weight excluding hydrogens is 330 g/mol. The maximum Gasteiger partial charge on any atom is 0.274 e. The molecule has 2 aliphatic rings. The lowest BCUT2D eigenvalue weighted by Crippen LogP contribution is -2.56. The third-order valence-corrected chi connectivity index (χ3v) is 5.27. The van der Waals surface area contributed by atoms with Crippen molar-refractivity contribution in [1.29, 1.82) is 0 Å². The van der Waals surface area contributed by atoms with E-state index < -0.39 is 5.60 Å². The molecule has 4 rings (SSSR count). The number of ether oxygens (including phenoxy) is 1. The highest BCUT2D eigenvalue weighted by Gasteiger charge is 2.39. The Bertz CT molecular complexity index is 799. The fourth-order valence-electron chi connectivity index (χ4n) is 3.68. The van der Waals surface area contributed by atoms with Gasteiger partial charge in [0.1, 0.15) is 11.3 Å². The zero-order valence-electron chi connectivity index (χ0n) is 15.1. The number of amides is 1. The SMILES string of the molecule is Cc1cccc(C[C@]2(CO)CN(C(=O)c3cc(C4CC4)[nH]n3)CCO2)c1. The molecule has 1 saturated heterocycles. The highest BCUT2D eigenvalue weighted by atomic mass is 16.5. The van der Waals surface area contributed by atoms with Crippen LogP contribution in [0.3, 0.4) is 0 Å². The summed E-state index contributed by atoms with van der Waals surface area (Å²) >= 11 is 0. The van der Waals surface area contributed by atoms with Gasteiger partial charge in [-0.3, -0.25) is 9.89 Å². The summed E-state index contributed by atoms with van der Waals surface area (Å²) in [6.45, 7) is 3.21. The number of H-pyrrole nitrogens is 1. The number of carbonyl (C=O) groups is 1. The molecule has 6 nitrogen and oxygen atoms in total. The lowest BCUT2D eigenvalue weighted by atomic mass is 9.92. The molecule has 1 aliphatic carbocycles. The van der Waals surface area contributed by atoms with Gasteiger partial charge in [-0.25, -0.2) is 0 Å². The largest absolute Gasteiger partial charge is 0.393 e. The van der Waals surface area contributed by atoms with Gasteiger partial charge in [-0.15, -0.1) is 0 Å². The van der Waals surface area contributed by atoms with Crippen molar-refractivity contribution < 1.29 is 14.6 Å². The van der Waals surface area contributed by atoms with Crippen LogP contribution in [0.2, 0.25) is 0 Å². The molecule has 6 heteroatoms. The molecule has 1 aromatic carbocycles. The van der Waals surface area contributed by atoms with Crippen molar-refractivity contribution in [2.75, 3.05) is 26.3 Å². The van der Waals surface area contributed by atoms with Crippen LogP contribution in [-0.2, 0) is 11.2 Å². The van der Waals surface area contributed by atoms with Crippen LogP contribution >= 0.6 is 0 Å². The van der Waals surface area contributed by atoms with Gasteiger partial charge in [-0.2, -0.15) is 5.10 Å². The van der Waals surface area contributed by atoms with E-state index in [1.54, 1.807) is 4.90 Å². The van der Waals surface area contributed by atoms with Gasteiger partial charge in [0, 0.05) is 24.6 Å². The number of morpholine rings is 1. The first-order valence-corrected chi connectivity index (χ1v) is 9.23. The number of benzene rings is 1. The standard InChI is InChI=1S/C20H25N3O3/c1-14-3-2-4-15(9-14)11-20(13-24)12-23(7-8-26-20)19(25)18-10-17(21-22-18)16-5-6-16/h2-4,9-10,16,24H,5-8,11-13H2,1H3,(H,21,22)/t20-/m1/s1. The Kier molecular flexibility index (Phi) is 4.54. The lowest BCUT2D eigenvalue weighted by molar-refractivity contribution is -0.123. The molecule has 138 valence electrons. The van der Waals surface area contributed by atoms with Gasteiger partial charge in [-0.05, 0) is 31.4 Å². The lowest BCUT2D eigenvalue weighted by Gasteiger charge is -2.41. The average Bonchev–Trinajstić information content (AvgIpc) is 3.38. The average molecular weight is 355 g/mol. The van der Waals surface area contributed by atoms with Gasteiger partial charge in [0.15, 0.2) is 0 Å². The number of aromatic nitrogens is 2. The van der Waals surface area contributed by atoms with Gasteiger partial charge >= 0.3 is 0 Å². The molecule has 0 unspecified atom stereocenters. The smallest absolute Gasteiger partial charge is 0.274 e. The van der Waals surface area contributed by atoms with Gasteiger partial charge in [0.05, 0.1) is 19.8 Å². The molecule has 2 heterocycles. The monoisotopic (exact) mass is 355 g/mol. The van der Waals surface area contributed by atoms with Crippen molar-refractivity contribution in [3.8, 4) is 0 Å². The summed E-state index contributed by atoms with van der Waals surface area (Å²) in [6, 6.07) is 10.0. The fourth-order valence-corrected chi connectivity index (χ4v) is 3.68. The van der Waals surface area contributed by atoms with Gasteiger partial charge < -0.3 is 14.7 Å². The number of nitrogens with zero attached hydrogens (tertiary/aromatic N) is 2. The molecule has 0 radical (unpaired) electrons. The molecule has 2 fully saturated rings. The second-order valence-corrected chi connectivity index (χ2v) is 7.56. The summed E-state index contributed by atoms with van der Waals surface area (Å²) in [4.78, 5) is 14.6. The van der Waals surface area contributed by atoms with Crippen molar-refractivity contribution in [1.82, 2.24) is 15.1 Å². The Hall–Kier alpha value is -2.18. The molecule has 1 aliphatic heterocycles. The first-order chi connectivity index (χ1) is 12.6. The van der Waals surface area contributed by atoms with Crippen molar-refractivity contribution in [3.63, 3.8) is 0 Å². The van der Waals surface area contributed by atoms with Crippen LogP contribution in [0.1, 0.15) is 46.1 Å². The summed E-state index contributed by atoms with van der Waals surface area (Å²) in [5, 5.41) is 17.2. The van der Waals surface area contributed by atoms with E-state index in [1.807, 2.05) is 31.2 Å². The summed E-state index contributed by atoms with van der Waals surface area (Å²) in [5.74, 6) is 0.435. The normalized spacial score (nSPS) is 23.2. The van der Waals surface area contributed by atoms with E-state index in [0.29, 0.717) is 37.7 Å². The predicted octanol–water partition coefficient (Wildman–Crippen LogP) is 2.04. The number of aromatic amines is 1. The number of aliphatic hydroxyl groups excluding tert-OH is 1. The van der Waals surface area contributed by atoms with Crippen LogP contribution in [0.4, 0.5) is 0 Å². The molecule has 1 amide bonds. The van der Waals surface area contributed by atoms with Crippen molar-refractivity contribution >= 4 is 5.91 Å². The predicted molar refractivity (Wildman–Crippen MR) is 97.1 cm³/mol. The summed E-state index contributed by atoms with van der Waals surface area (Å²) in [5.41, 5.74) is 3.01. The quantitative estimate of drug-likeness (QED) is 0.860. The number of carbonyl (C=O) groups excluding carboxylic acids is 1. The molecule has 1 aromatic heterocycles. The molecule has 2 N–H and O–H groups in total. The first kappa shape index (κ1) is 17.2. The van der Waals surface area contributed by atoms with Gasteiger partial charge in [0.2, 0.25) is 0 Å². The molecule has 1 atom stereocenters. The maximum atomic E-state index is 12.9. The molecule has 0 spiro atoms. The zero-order valence-corrected chi connectivity index (χ0v) is 15.1. The minimum atomic E-state index is -0.767. The summed E-state index contributed by atoms with van der Waals surface area (Å²) < 4.78 is 5.96. The minimum absolute atomic E-state index is 0.0986. The number of aryl methyl sites for hydroxylation is 1. The Labute approximate surface area is 153 Å². The Morgan fingerprint density at radius 3 is 3.00 bits per heavy atom. The van der Waals surface area contributed by atoms with Crippen LogP contribution in [0.25, 0.3) is 0 Å². The number of hydrogen-bond acceptors (Lipinski definition) is 4. The van der Waals surface area contributed by atoms with E-state index in [0.717, 1.165) is 24.1 Å². The molecule has 1 saturated carbocycles. The van der Waals surface area contributed by atoms with Gasteiger partial charge in [0.25, 0.3) is 5.91 Å². The van der Waals surface area contributed by atoms with Crippen LogP contribution in [0, 0.1) is 6.92 Å². The van der Waals surface area contributed by atoms with Crippen molar-refractivity contribution in [2.24, 2.45) is 0 Å². The van der Waals surface area contributed by atoms with Crippen LogP contribution in [-0.4, -0.2) is 58.0 Å². The van der Waals surface area contributed by atoms with E-state index in [2.05, 4.69) is 16.3 Å². The van der Waals surface area contributed by atoms with Crippen molar-refractivity contribution in [3.05, 3.63) is 52.8 Å². The number of nitrogens with one attached hydrogen (secondary N) is 1. The Balaban J connectivity index is 1.49. The molecule has 2 aromatic rings. The van der Waals surface area contributed by atoms with E-state index in [-0.39, 0.29) is 12.5 Å². The third kappa shape index (κ3) is 3.52. The first-order valence-electron chi connectivity index (χ1n) is 9.23. The number of hydrogen-bond donors (Lipinski definition) is 2. The molecule has 26 heavy (non-hydrogen) atoms. The minimum Gasteiger partial charge on any atom is -0.393 e. The zero-order chi connectivity index (χ0) is 18.1. The highest BCUT2D eigenvalue weighted by Crippen LogP contribution is 2.39. The number of aliphatic hydroxyl groups is 1. The van der Waals surface area contributed by atoms with Crippen LogP contribution in [0.15, 0.2) is 30.3 Å². The highest BCUT2D eigenvalue weighted by molar-refractivity contribution is 5.92. The summed E-state index contributed by atoms with van der Waals surface area (Å²) in [6.07, 6.45) is 2.90. The second-order valence-electron chi connectivity index (χ2n) is 7.56. The maximum absolute atomic E-state index is 12.9. The molecule has 0 bridgehead atoms. The van der Waals surface area contributed by atoms with Crippen LogP contribution < -0.4 is 0 Å². The van der Waals surface area contributed by atoms with E-state index in [1.165, 1.54) is 5.56 Å². The van der Waals surface area contributed by atoms with E-state index in [9.17, 15) is 9.90 Å². The number of rotatable bonds is 5. The van der Waals surface area contributed by atoms with Crippen LogP contribution in [0.5, 0.6) is 0 Å². The third-order valence-electron chi connectivity index (χ3n) is 5.27. The Morgan fingerprint density at radius 2 is 2.27 bits per heavy atom. The molecular formula is C20H25N3O3.